The van der Waals surface area contributed by atoms with Crippen molar-refractivity contribution in [1.82, 2.24) is 4.57 Å². The maximum Gasteiger partial charge on any atom is 0.271 e. The molecule has 0 saturated carbocycles. The zero-order chi connectivity index (χ0) is 24.2. The van der Waals surface area contributed by atoms with Crippen LogP contribution in [-0.2, 0) is 6.42 Å². The smallest absolute Gasteiger partial charge is 0.271 e. The van der Waals surface area contributed by atoms with Crippen molar-refractivity contribution >= 4 is 33.9 Å². The third kappa shape index (κ3) is 3.31. The van der Waals surface area contributed by atoms with Crippen LogP contribution in [0.15, 0.2) is 106 Å². The molecule has 7 rings (SSSR count). The maximum atomic E-state index is 13.9. The molecule has 174 valence electrons. The maximum absolute atomic E-state index is 13.9. The number of aromatic nitrogens is 1. The lowest BCUT2D eigenvalue weighted by atomic mass is 9.83. The number of fused-ring (bicyclic) bond motifs is 4. The zero-order valence-corrected chi connectivity index (χ0v) is 20.1. The first-order chi connectivity index (χ1) is 17.7. The van der Waals surface area contributed by atoms with Crippen LogP contribution in [0.4, 0.5) is 4.39 Å². The zero-order valence-electron chi connectivity index (χ0n) is 19.3. The van der Waals surface area contributed by atoms with Crippen LogP contribution in [0, 0.1) is 5.82 Å². The van der Waals surface area contributed by atoms with Crippen molar-refractivity contribution in [2.45, 2.75) is 18.9 Å². The van der Waals surface area contributed by atoms with Crippen LogP contribution in [0.1, 0.15) is 34.7 Å². The van der Waals surface area contributed by atoms with Gasteiger partial charge in [0.15, 0.2) is 4.80 Å². The molecule has 36 heavy (non-hydrogen) atoms. The Bertz CT molecular complexity index is 1870. The van der Waals surface area contributed by atoms with Crippen molar-refractivity contribution in [3.8, 4) is 0 Å². The van der Waals surface area contributed by atoms with Crippen LogP contribution in [0.2, 0.25) is 0 Å². The van der Waals surface area contributed by atoms with Crippen molar-refractivity contribution in [3.63, 3.8) is 0 Å². The van der Waals surface area contributed by atoms with Gasteiger partial charge >= 0.3 is 0 Å². The fourth-order valence-corrected chi connectivity index (χ4v) is 6.48. The molecule has 1 aliphatic carbocycles. The second kappa shape index (κ2) is 8.25. The molecular formula is C31H21FN2OS. The summed E-state index contributed by atoms with van der Waals surface area (Å²) in [5.41, 5.74) is 6.30. The molecule has 0 radical (unpaired) electrons. The second-order valence-corrected chi connectivity index (χ2v) is 10.2. The molecule has 1 aromatic heterocycles. The highest BCUT2D eigenvalue weighted by molar-refractivity contribution is 7.07. The van der Waals surface area contributed by atoms with E-state index in [1.807, 2.05) is 41.0 Å². The number of thiazole rings is 1. The van der Waals surface area contributed by atoms with E-state index in [1.165, 1.54) is 29.0 Å². The number of allylic oxidation sites excluding steroid dienone is 1. The lowest BCUT2D eigenvalue weighted by Crippen LogP contribution is -2.38. The fraction of sp³-hybridized carbons (Fsp3) is 0.0968. The molecular weight excluding hydrogens is 467 g/mol. The Hall–Kier alpha value is -4.09. The van der Waals surface area contributed by atoms with Gasteiger partial charge in [0, 0.05) is 5.56 Å². The van der Waals surface area contributed by atoms with Crippen LogP contribution in [0.3, 0.4) is 0 Å². The van der Waals surface area contributed by atoms with Gasteiger partial charge in [-0.2, -0.15) is 0 Å². The number of aryl methyl sites for hydroxylation is 1. The van der Waals surface area contributed by atoms with Crippen LogP contribution in [0.25, 0.3) is 22.5 Å². The van der Waals surface area contributed by atoms with Gasteiger partial charge in [0.05, 0.1) is 16.3 Å². The highest BCUT2D eigenvalue weighted by Crippen LogP contribution is 2.41. The molecule has 0 N–H and O–H groups in total. The molecule has 0 bridgehead atoms. The number of rotatable bonds is 2. The summed E-state index contributed by atoms with van der Waals surface area (Å²) in [5, 5.41) is 2.24. The molecule has 0 amide bonds. The molecule has 0 saturated heterocycles. The minimum atomic E-state index is -0.306. The number of hydrogen-bond acceptors (Lipinski definition) is 3. The van der Waals surface area contributed by atoms with Crippen LogP contribution in [0.5, 0.6) is 0 Å². The predicted molar refractivity (Wildman–Crippen MR) is 143 cm³/mol. The van der Waals surface area contributed by atoms with E-state index >= 15 is 0 Å². The normalized spacial score (nSPS) is 16.9. The Morgan fingerprint density at radius 1 is 0.889 bits per heavy atom. The molecule has 1 atom stereocenters. The Balaban J connectivity index is 1.50. The highest BCUT2D eigenvalue weighted by Gasteiger charge is 2.32. The van der Waals surface area contributed by atoms with E-state index in [1.54, 1.807) is 12.1 Å². The lowest BCUT2D eigenvalue weighted by molar-refractivity contribution is 0.581. The summed E-state index contributed by atoms with van der Waals surface area (Å²) in [6.45, 7) is 0. The second-order valence-electron chi connectivity index (χ2n) is 9.23. The molecule has 2 aliphatic rings. The molecule has 0 unspecified atom stereocenters. The average molecular weight is 489 g/mol. The Labute approximate surface area is 210 Å². The number of nitrogens with zero attached hydrogens (tertiary/aromatic N) is 2. The third-order valence-corrected chi connectivity index (χ3v) is 8.15. The highest BCUT2D eigenvalue weighted by atomic mass is 32.1. The monoisotopic (exact) mass is 488 g/mol. The van der Waals surface area contributed by atoms with Gasteiger partial charge in [-0.1, -0.05) is 90.2 Å². The molecule has 0 spiro atoms. The minimum Gasteiger partial charge on any atom is -0.272 e. The van der Waals surface area contributed by atoms with Gasteiger partial charge in [-0.15, -0.1) is 0 Å². The first-order valence-electron chi connectivity index (χ1n) is 12.0. The fourth-order valence-electron chi connectivity index (χ4n) is 5.49. The minimum absolute atomic E-state index is 0.0635. The van der Waals surface area contributed by atoms with Gasteiger partial charge in [-0.3, -0.25) is 9.36 Å². The van der Waals surface area contributed by atoms with Gasteiger partial charge in [-0.05, 0) is 64.1 Å². The molecule has 1 aliphatic heterocycles. The van der Waals surface area contributed by atoms with Gasteiger partial charge in [0.25, 0.3) is 5.56 Å². The van der Waals surface area contributed by atoms with Gasteiger partial charge < -0.3 is 0 Å². The molecule has 4 aromatic carbocycles. The number of benzene rings is 4. The van der Waals surface area contributed by atoms with Crippen LogP contribution >= 0.6 is 11.3 Å². The van der Waals surface area contributed by atoms with Crippen molar-refractivity contribution in [3.05, 3.63) is 144 Å². The van der Waals surface area contributed by atoms with E-state index in [0.717, 1.165) is 51.6 Å². The molecule has 0 fully saturated rings. The van der Waals surface area contributed by atoms with E-state index in [4.69, 9.17) is 4.99 Å². The summed E-state index contributed by atoms with van der Waals surface area (Å²) >= 11 is 1.42. The summed E-state index contributed by atoms with van der Waals surface area (Å²) in [5.74, 6) is -0.287. The average Bonchev–Trinajstić information content (AvgIpc) is 3.22. The summed E-state index contributed by atoms with van der Waals surface area (Å²) in [7, 11) is 0. The molecule has 5 aromatic rings. The van der Waals surface area contributed by atoms with E-state index in [-0.39, 0.29) is 17.4 Å². The van der Waals surface area contributed by atoms with Crippen LogP contribution in [-0.4, -0.2) is 4.57 Å². The molecule has 5 heteroatoms. The van der Waals surface area contributed by atoms with Crippen molar-refractivity contribution < 1.29 is 4.39 Å². The standard InChI is InChI=1S/C31H21FN2OS/c32-23-15-12-21(13-16-23)29-26-17-14-20-7-2-4-11-25(20)28(26)33-31-34(29)30(35)27(36-31)18-22-9-5-8-19-6-1-3-10-24(19)22/h1-13,15-16,18,29H,14,17H2/b27-18+/t29-/m0/s1. The van der Waals surface area contributed by atoms with E-state index < -0.39 is 0 Å². The van der Waals surface area contributed by atoms with E-state index in [0.29, 0.717) is 9.33 Å². The van der Waals surface area contributed by atoms with Crippen molar-refractivity contribution in [2.24, 2.45) is 4.99 Å². The molecule has 3 nitrogen and oxygen atoms in total. The quantitative estimate of drug-likeness (QED) is 0.318. The number of hydrogen-bond donors (Lipinski definition) is 0. The topological polar surface area (TPSA) is 34.4 Å². The SMILES string of the molecule is O=c1/c(=C\c2cccc3ccccc23)sc2n1[C@@H](c1ccc(F)cc1)C1=C(N=2)c2ccccc2CC1. The lowest BCUT2D eigenvalue weighted by Gasteiger charge is -2.30. The van der Waals surface area contributed by atoms with E-state index in [2.05, 4.69) is 36.4 Å². The first-order valence-corrected chi connectivity index (χ1v) is 12.9. The first kappa shape index (κ1) is 21.2. The summed E-state index contributed by atoms with van der Waals surface area (Å²) in [4.78, 5) is 19.6. The van der Waals surface area contributed by atoms with Crippen molar-refractivity contribution in [1.29, 1.82) is 0 Å². The molecule has 2 heterocycles. The van der Waals surface area contributed by atoms with Gasteiger partial charge in [0.1, 0.15) is 5.82 Å². The summed E-state index contributed by atoms with van der Waals surface area (Å²) < 4.78 is 16.3. The third-order valence-electron chi connectivity index (χ3n) is 7.17. The Kier molecular flexibility index (Phi) is 4.86. The Morgan fingerprint density at radius 3 is 2.56 bits per heavy atom. The van der Waals surface area contributed by atoms with Gasteiger partial charge in [-0.25, -0.2) is 9.38 Å². The van der Waals surface area contributed by atoms with E-state index in [9.17, 15) is 9.18 Å². The number of halogens is 1. The summed E-state index contributed by atoms with van der Waals surface area (Å²) in [6, 6.07) is 28.9. The van der Waals surface area contributed by atoms with Crippen LogP contribution < -0.4 is 14.9 Å². The predicted octanol–water partition coefficient (Wildman–Crippen LogP) is 5.61. The van der Waals surface area contributed by atoms with Crippen molar-refractivity contribution in [2.75, 3.05) is 0 Å². The largest absolute Gasteiger partial charge is 0.272 e. The van der Waals surface area contributed by atoms with Gasteiger partial charge in [0.2, 0.25) is 0 Å². The Morgan fingerprint density at radius 2 is 1.67 bits per heavy atom. The summed E-state index contributed by atoms with van der Waals surface area (Å²) in [6.07, 6.45) is 3.68.